The van der Waals surface area contributed by atoms with E-state index < -0.39 is 11.6 Å². The van der Waals surface area contributed by atoms with E-state index in [1.807, 2.05) is 31.2 Å². The van der Waals surface area contributed by atoms with Gasteiger partial charge in [0, 0.05) is 5.71 Å². The highest BCUT2D eigenvalue weighted by atomic mass is 19.1. The van der Waals surface area contributed by atoms with Crippen LogP contribution in [0.5, 0.6) is 0 Å². The Morgan fingerprint density at radius 1 is 1.00 bits per heavy atom. The van der Waals surface area contributed by atoms with Crippen molar-refractivity contribution in [1.29, 1.82) is 0 Å². The molecule has 0 radical (unpaired) electrons. The summed E-state index contributed by atoms with van der Waals surface area (Å²) in [4.78, 5) is 4.52. The molecule has 0 amide bonds. The minimum absolute atomic E-state index is 0.00426. The van der Waals surface area contributed by atoms with Crippen LogP contribution in [0.3, 0.4) is 0 Å². The highest BCUT2D eigenvalue weighted by Gasteiger charge is 2.24. The lowest BCUT2D eigenvalue weighted by Crippen LogP contribution is -2.03. The van der Waals surface area contributed by atoms with Gasteiger partial charge in [0.2, 0.25) is 0 Å². The van der Waals surface area contributed by atoms with Crippen LogP contribution < -0.4 is 0 Å². The van der Waals surface area contributed by atoms with Crippen LogP contribution in [0, 0.1) is 18.6 Å². The average Bonchev–Trinajstić information content (AvgIpc) is 2.89. The van der Waals surface area contributed by atoms with Gasteiger partial charge in [0.25, 0.3) is 0 Å². The first-order valence-electron chi connectivity index (χ1n) is 6.73. The number of hydrogen-bond donors (Lipinski definition) is 0. The Morgan fingerprint density at radius 2 is 1.65 bits per heavy atom. The van der Waals surface area contributed by atoms with Crippen LogP contribution in [-0.4, -0.2) is 5.71 Å². The van der Waals surface area contributed by atoms with Gasteiger partial charge in [-0.05, 0) is 37.5 Å². The van der Waals surface area contributed by atoms with E-state index in [1.165, 1.54) is 23.8 Å². The maximum absolute atomic E-state index is 13.8. The largest absolute Gasteiger partial charge is 0.281 e. The van der Waals surface area contributed by atoms with Gasteiger partial charge in [0.1, 0.15) is 11.6 Å². The van der Waals surface area contributed by atoms with Crippen molar-refractivity contribution in [3.63, 3.8) is 0 Å². The van der Waals surface area contributed by atoms with Crippen LogP contribution in [0.1, 0.15) is 35.6 Å². The van der Waals surface area contributed by atoms with Crippen molar-refractivity contribution in [2.75, 3.05) is 0 Å². The lowest BCUT2D eigenvalue weighted by Gasteiger charge is -2.07. The molecular formula is C17H15F2N. The van der Waals surface area contributed by atoms with Crippen molar-refractivity contribution in [3.8, 4) is 0 Å². The van der Waals surface area contributed by atoms with Gasteiger partial charge in [-0.1, -0.05) is 35.9 Å². The maximum Gasteiger partial charge on any atom is 0.135 e. The molecular weight excluding hydrogens is 256 g/mol. The average molecular weight is 271 g/mol. The summed E-state index contributed by atoms with van der Waals surface area (Å²) >= 11 is 0. The predicted molar refractivity (Wildman–Crippen MR) is 76.0 cm³/mol. The second kappa shape index (κ2) is 5.16. The molecule has 0 N–H and O–H groups in total. The minimum Gasteiger partial charge on any atom is -0.281 e. The highest BCUT2D eigenvalue weighted by Crippen LogP contribution is 2.32. The summed E-state index contributed by atoms with van der Waals surface area (Å²) in [6.45, 7) is 2.03. The first-order chi connectivity index (χ1) is 9.65. The fourth-order valence-electron chi connectivity index (χ4n) is 2.58. The first kappa shape index (κ1) is 13.0. The van der Waals surface area contributed by atoms with E-state index in [4.69, 9.17) is 0 Å². The molecule has 0 aromatic heterocycles. The summed E-state index contributed by atoms with van der Waals surface area (Å²) in [7, 11) is 0. The van der Waals surface area contributed by atoms with Gasteiger partial charge in [0.05, 0.1) is 11.6 Å². The number of nitrogens with zero attached hydrogens (tertiary/aromatic N) is 1. The summed E-state index contributed by atoms with van der Waals surface area (Å²) in [5.41, 5.74) is 2.85. The Morgan fingerprint density at radius 3 is 2.30 bits per heavy atom. The quantitative estimate of drug-likeness (QED) is 0.757. The van der Waals surface area contributed by atoms with E-state index in [2.05, 4.69) is 4.99 Å². The number of benzene rings is 2. The zero-order valence-electron chi connectivity index (χ0n) is 11.2. The fraction of sp³-hybridized carbons (Fsp3) is 0.235. The number of halogens is 2. The molecule has 1 aliphatic rings. The molecule has 0 fully saturated rings. The molecule has 0 aliphatic carbocycles. The van der Waals surface area contributed by atoms with E-state index in [0.29, 0.717) is 12.1 Å². The SMILES string of the molecule is Cc1ccc(C2CCC(c3c(F)cccc3F)=N2)cc1. The third kappa shape index (κ3) is 2.36. The molecule has 0 saturated heterocycles. The third-order valence-electron chi connectivity index (χ3n) is 3.68. The van der Waals surface area contributed by atoms with E-state index in [0.717, 1.165) is 12.0 Å². The molecule has 1 heterocycles. The van der Waals surface area contributed by atoms with E-state index in [1.54, 1.807) is 0 Å². The summed E-state index contributed by atoms with van der Waals surface area (Å²) < 4.78 is 27.5. The summed E-state index contributed by atoms with van der Waals surface area (Å²) in [6, 6.07) is 12.1. The van der Waals surface area contributed by atoms with E-state index in [9.17, 15) is 8.78 Å². The zero-order chi connectivity index (χ0) is 14.1. The molecule has 1 aliphatic heterocycles. The second-order valence-corrected chi connectivity index (χ2v) is 5.14. The molecule has 102 valence electrons. The van der Waals surface area contributed by atoms with Crippen molar-refractivity contribution in [3.05, 3.63) is 70.8 Å². The Kier molecular flexibility index (Phi) is 3.35. The zero-order valence-corrected chi connectivity index (χ0v) is 11.2. The fourth-order valence-corrected chi connectivity index (χ4v) is 2.58. The molecule has 0 spiro atoms. The van der Waals surface area contributed by atoms with Crippen molar-refractivity contribution in [1.82, 2.24) is 0 Å². The summed E-state index contributed by atoms with van der Waals surface area (Å²) in [6.07, 6.45) is 1.41. The Labute approximate surface area is 117 Å². The topological polar surface area (TPSA) is 12.4 Å². The Bertz CT molecular complexity index is 639. The molecule has 1 unspecified atom stereocenters. The van der Waals surface area contributed by atoms with E-state index in [-0.39, 0.29) is 11.6 Å². The van der Waals surface area contributed by atoms with Crippen molar-refractivity contribution < 1.29 is 8.78 Å². The number of aryl methyl sites for hydroxylation is 1. The standard InChI is InChI=1S/C17H15F2N/c1-11-5-7-12(8-6-11)15-9-10-16(20-15)17-13(18)3-2-4-14(17)19/h2-8,15H,9-10H2,1H3. The smallest absolute Gasteiger partial charge is 0.135 e. The van der Waals surface area contributed by atoms with Crippen LogP contribution in [-0.2, 0) is 0 Å². The van der Waals surface area contributed by atoms with Gasteiger partial charge in [-0.3, -0.25) is 4.99 Å². The molecule has 1 nitrogen and oxygen atoms in total. The van der Waals surface area contributed by atoms with Crippen LogP contribution in [0.25, 0.3) is 0 Å². The van der Waals surface area contributed by atoms with Crippen LogP contribution in [0.4, 0.5) is 8.78 Å². The molecule has 2 aromatic carbocycles. The minimum atomic E-state index is -0.534. The highest BCUT2D eigenvalue weighted by molar-refractivity contribution is 6.02. The Hall–Kier alpha value is -2.03. The van der Waals surface area contributed by atoms with Gasteiger partial charge in [-0.25, -0.2) is 8.78 Å². The van der Waals surface area contributed by atoms with Crippen molar-refractivity contribution in [2.24, 2.45) is 4.99 Å². The normalized spacial score (nSPS) is 18.1. The number of aliphatic imine (C=N–C) groups is 1. The molecule has 0 saturated carbocycles. The van der Waals surface area contributed by atoms with Crippen molar-refractivity contribution >= 4 is 5.71 Å². The molecule has 0 bridgehead atoms. The van der Waals surface area contributed by atoms with Gasteiger partial charge in [-0.2, -0.15) is 0 Å². The first-order valence-corrected chi connectivity index (χ1v) is 6.73. The van der Waals surface area contributed by atoms with Crippen LogP contribution in [0.15, 0.2) is 47.5 Å². The number of hydrogen-bond acceptors (Lipinski definition) is 1. The second-order valence-electron chi connectivity index (χ2n) is 5.14. The van der Waals surface area contributed by atoms with Gasteiger partial charge >= 0.3 is 0 Å². The molecule has 1 atom stereocenters. The van der Waals surface area contributed by atoms with Gasteiger partial charge in [-0.15, -0.1) is 0 Å². The maximum atomic E-state index is 13.8. The molecule has 20 heavy (non-hydrogen) atoms. The number of rotatable bonds is 2. The van der Waals surface area contributed by atoms with Crippen LogP contribution >= 0.6 is 0 Å². The molecule has 3 heteroatoms. The summed E-state index contributed by atoms with van der Waals surface area (Å²) in [5, 5.41) is 0. The van der Waals surface area contributed by atoms with Gasteiger partial charge < -0.3 is 0 Å². The third-order valence-corrected chi connectivity index (χ3v) is 3.68. The summed E-state index contributed by atoms with van der Waals surface area (Å²) in [5.74, 6) is -1.07. The van der Waals surface area contributed by atoms with E-state index >= 15 is 0 Å². The monoisotopic (exact) mass is 271 g/mol. The predicted octanol–water partition coefficient (Wildman–Crippen LogP) is 4.60. The Balaban J connectivity index is 1.94. The lowest BCUT2D eigenvalue weighted by molar-refractivity contribution is 0.578. The van der Waals surface area contributed by atoms with Crippen molar-refractivity contribution in [2.45, 2.75) is 25.8 Å². The molecule has 2 aromatic rings. The van der Waals surface area contributed by atoms with Gasteiger partial charge in [0.15, 0.2) is 0 Å². The lowest BCUT2D eigenvalue weighted by atomic mass is 10.0. The molecule has 3 rings (SSSR count). The van der Waals surface area contributed by atoms with Crippen LogP contribution in [0.2, 0.25) is 0 Å².